The van der Waals surface area contributed by atoms with Gasteiger partial charge in [0.1, 0.15) is 5.70 Å². The van der Waals surface area contributed by atoms with Gasteiger partial charge in [0.15, 0.2) is 0 Å². The number of carbonyl (C=O) groups is 2. The Kier molecular flexibility index (Phi) is 5.40. The van der Waals surface area contributed by atoms with E-state index in [0.717, 1.165) is 10.5 Å². The Balaban J connectivity index is 1.85. The second-order valence-corrected chi connectivity index (χ2v) is 8.50. The van der Waals surface area contributed by atoms with Gasteiger partial charge in [0.05, 0.1) is 21.3 Å². The van der Waals surface area contributed by atoms with Crippen molar-refractivity contribution in [1.82, 2.24) is 0 Å². The fraction of sp³-hybridized carbons (Fsp3) is 0.0476. The quantitative estimate of drug-likeness (QED) is 0.455. The van der Waals surface area contributed by atoms with Crippen LogP contribution in [0.15, 0.2) is 59.6 Å². The number of hydrogen-bond acceptors (Lipinski definition) is 4. The van der Waals surface area contributed by atoms with Gasteiger partial charge in [-0.2, -0.15) is 0 Å². The molecule has 146 valence electrons. The van der Waals surface area contributed by atoms with Gasteiger partial charge in [-0.15, -0.1) is 11.3 Å². The van der Waals surface area contributed by atoms with Crippen LogP contribution in [0.5, 0.6) is 0 Å². The number of halogens is 3. The second-order valence-electron chi connectivity index (χ2n) is 6.33. The molecule has 0 radical (unpaired) electrons. The van der Waals surface area contributed by atoms with Gasteiger partial charge in [0.25, 0.3) is 11.8 Å². The van der Waals surface area contributed by atoms with E-state index in [4.69, 9.17) is 34.8 Å². The van der Waals surface area contributed by atoms with Gasteiger partial charge in [-0.25, -0.2) is 4.90 Å². The van der Waals surface area contributed by atoms with Gasteiger partial charge in [-0.1, -0.05) is 53.0 Å². The highest BCUT2D eigenvalue weighted by molar-refractivity contribution is 7.11. The summed E-state index contributed by atoms with van der Waals surface area (Å²) in [5.74, 6) is -0.981. The summed E-state index contributed by atoms with van der Waals surface area (Å²) in [7, 11) is 0. The van der Waals surface area contributed by atoms with Crippen molar-refractivity contribution < 1.29 is 9.59 Å². The lowest BCUT2D eigenvalue weighted by atomic mass is 10.1. The lowest BCUT2D eigenvalue weighted by Gasteiger charge is -2.17. The highest BCUT2D eigenvalue weighted by Crippen LogP contribution is 2.40. The van der Waals surface area contributed by atoms with Crippen LogP contribution >= 0.6 is 46.1 Å². The molecule has 0 saturated heterocycles. The van der Waals surface area contributed by atoms with Crippen LogP contribution in [-0.4, -0.2) is 11.8 Å². The number of anilines is 2. The highest BCUT2D eigenvalue weighted by atomic mass is 35.5. The van der Waals surface area contributed by atoms with E-state index in [1.165, 1.54) is 11.3 Å². The summed E-state index contributed by atoms with van der Waals surface area (Å²) in [4.78, 5) is 28.4. The van der Waals surface area contributed by atoms with Gasteiger partial charge in [0, 0.05) is 15.6 Å². The molecule has 29 heavy (non-hydrogen) atoms. The van der Waals surface area contributed by atoms with Crippen LogP contribution in [-0.2, 0) is 9.59 Å². The Morgan fingerprint density at radius 3 is 2.48 bits per heavy atom. The van der Waals surface area contributed by atoms with E-state index in [0.29, 0.717) is 15.6 Å². The fourth-order valence-corrected chi connectivity index (χ4v) is 4.36. The Bertz CT molecular complexity index is 1170. The molecule has 1 aliphatic rings. The summed E-state index contributed by atoms with van der Waals surface area (Å²) in [5.41, 5.74) is 2.20. The Hall–Kier alpha value is -2.31. The van der Waals surface area contributed by atoms with Crippen LogP contribution in [0.2, 0.25) is 15.1 Å². The van der Waals surface area contributed by atoms with Crippen molar-refractivity contribution >= 4 is 74.9 Å². The largest absolute Gasteiger partial charge is 0.350 e. The Morgan fingerprint density at radius 2 is 1.76 bits per heavy atom. The molecule has 2 heterocycles. The molecule has 1 N–H and O–H groups in total. The van der Waals surface area contributed by atoms with Gasteiger partial charge in [0.2, 0.25) is 0 Å². The number of nitrogens with one attached hydrogen (secondary N) is 1. The van der Waals surface area contributed by atoms with Gasteiger partial charge in [-0.3, -0.25) is 9.59 Å². The summed E-state index contributed by atoms with van der Waals surface area (Å²) in [6.45, 7) is 1.89. The molecular weight excluding hydrogens is 451 g/mol. The first-order valence-electron chi connectivity index (χ1n) is 8.52. The lowest BCUT2D eigenvalue weighted by Crippen LogP contribution is -2.32. The fourth-order valence-electron chi connectivity index (χ4n) is 3.04. The SMILES string of the molecule is Cc1ccc(Cl)cc1NC1=C(c2cccs2)C(=O)N(c2cccc(Cl)c2Cl)C1=O. The predicted octanol–water partition coefficient (Wildman–Crippen LogP) is 6.41. The number of thiophene rings is 1. The zero-order valence-electron chi connectivity index (χ0n) is 15.0. The number of rotatable bonds is 4. The standard InChI is InChI=1S/C21H13Cl3N2O2S/c1-11-7-8-12(22)10-14(11)25-19-17(16-6-3-9-29-16)20(27)26(21(19)28)15-5-2-4-13(23)18(15)24/h2-10,25H,1H3. The highest BCUT2D eigenvalue weighted by Gasteiger charge is 2.41. The molecule has 0 bridgehead atoms. The van der Waals surface area contributed by atoms with E-state index >= 15 is 0 Å². The van der Waals surface area contributed by atoms with Crippen molar-refractivity contribution in [2.45, 2.75) is 6.92 Å². The molecule has 8 heteroatoms. The molecule has 1 aromatic heterocycles. The first-order valence-corrected chi connectivity index (χ1v) is 10.5. The maximum absolute atomic E-state index is 13.3. The molecule has 0 aliphatic carbocycles. The minimum Gasteiger partial charge on any atom is -0.350 e. The molecule has 4 rings (SSSR count). The summed E-state index contributed by atoms with van der Waals surface area (Å²) in [6, 6.07) is 13.7. The summed E-state index contributed by atoms with van der Waals surface area (Å²) in [5, 5.41) is 5.88. The molecule has 2 amide bonds. The predicted molar refractivity (Wildman–Crippen MR) is 120 cm³/mol. The van der Waals surface area contributed by atoms with Crippen molar-refractivity contribution in [2.75, 3.05) is 10.2 Å². The molecule has 0 fully saturated rings. The van der Waals surface area contributed by atoms with Crippen LogP contribution in [0.1, 0.15) is 10.4 Å². The number of hydrogen-bond donors (Lipinski definition) is 1. The number of carbonyl (C=O) groups excluding carboxylic acids is 2. The van der Waals surface area contributed by atoms with Crippen molar-refractivity contribution in [3.05, 3.63) is 85.1 Å². The van der Waals surface area contributed by atoms with Gasteiger partial charge in [-0.05, 0) is 48.2 Å². The number of imide groups is 1. The van der Waals surface area contributed by atoms with Crippen LogP contribution < -0.4 is 10.2 Å². The number of nitrogens with zero attached hydrogens (tertiary/aromatic N) is 1. The zero-order valence-corrected chi connectivity index (χ0v) is 18.1. The van der Waals surface area contributed by atoms with Crippen molar-refractivity contribution in [3.8, 4) is 0 Å². The Morgan fingerprint density at radius 1 is 0.966 bits per heavy atom. The average Bonchev–Trinajstić information content (AvgIpc) is 3.28. The maximum atomic E-state index is 13.3. The molecule has 0 saturated carbocycles. The van der Waals surface area contributed by atoms with Gasteiger partial charge >= 0.3 is 0 Å². The molecule has 0 atom stereocenters. The average molecular weight is 464 g/mol. The van der Waals surface area contributed by atoms with E-state index in [1.54, 1.807) is 36.4 Å². The third kappa shape index (κ3) is 3.55. The molecule has 1 aliphatic heterocycles. The van der Waals surface area contributed by atoms with Crippen molar-refractivity contribution in [1.29, 1.82) is 0 Å². The summed E-state index contributed by atoms with van der Waals surface area (Å²) >= 11 is 19.9. The first-order chi connectivity index (χ1) is 13.9. The maximum Gasteiger partial charge on any atom is 0.282 e. The van der Waals surface area contributed by atoms with E-state index in [2.05, 4.69) is 5.32 Å². The summed E-state index contributed by atoms with van der Waals surface area (Å²) < 4.78 is 0. The molecule has 3 aromatic rings. The van der Waals surface area contributed by atoms with Crippen LogP contribution in [0.3, 0.4) is 0 Å². The zero-order chi connectivity index (χ0) is 20.7. The van der Waals surface area contributed by atoms with Crippen LogP contribution in [0.25, 0.3) is 5.57 Å². The summed E-state index contributed by atoms with van der Waals surface area (Å²) in [6.07, 6.45) is 0. The van der Waals surface area contributed by atoms with Crippen molar-refractivity contribution in [2.24, 2.45) is 0 Å². The Labute approximate surface area is 186 Å². The smallest absolute Gasteiger partial charge is 0.282 e. The number of aryl methyl sites for hydroxylation is 1. The molecule has 0 unspecified atom stereocenters. The normalized spacial score (nSPS) is 14.1. The van der Waals surface area contributed by atoms with E-state index in [-0.39, 0.29) is 27.0 Å². The van der Waals surface area contributed by atoms with E-state index < -0.39 is 11.8 Å². The van der Waals surface area contributed by atoms with Crippen LogP contribution in [0, 0.1) is 6.92 Å². The van der Waals surface area contributed by atoms with Gasteiger partial charge < -0.3 is 5.32 Å². The van der Waals surface area contributed by atoms with Crippen LogP contribution in [0.4, 0.5) is 11.4 Å². The third-order valence-electron chi connectivity index (χ3n) is 4.48. The number of amides is 2. The lowest BCUT2D eigenvalue weighted by molar-refractivity contribution is -0.120. The van der Waals surface area contributed by atoms with E-state index in [1.807, 2.05) is 24.4 Å². The first kappa shape index (κ1) is 20.0. The third-order valence-corrected chi connectivity index (χ3v) is 6.41. The van der Waals surface area contributed by atoms with E-state index in [9.17, 15) is 9.59 Å². The molecule has 2 aromatic carbocycles. The monoisotopic (exact) mass is 462 g/mol. The minimum atomic E-state index is -0.512. The van der Waals surface area contributed by atoms with Crippen molar-refractivity contribution in [3.63, 3.8) is 0 Å². The molecule has 0 spiro atoms. The molecule has 4 nitrogen and oxygen atoms in total. The molecular formula is C21H13Cl3N2O2S. The number of benzene rings is 2. The topological polar surface area (TPSA) is 49.4 Å². The minimum absolute atomic E-state index is 0.140. The second kappa shape index (κ2) is 7.84.